The molecule has 2 rings (SSSR count). The standard InChI is InChI=1S/C23H33NO2/c1-8-13-26-20-12-10-9-11-18(20)24-19-15-16(22(2,3)4)14-17(21(19)25)23(5,6)7/h9-12,14-15,24-25H,8,13H2,1-7H3. The minimum atomic E-state index is -0.153. The Morgan fingerprint density at radius 3 is 2.15 bits per heavy atom. The molecule has 0 saturated carbocycles. The number of phenols is 1. The average Bonchev–Trinajstić information content (AvgIpc) is 2.53. The highest BCUT2D eigenvalue weighted by molar-refractivity contribution is 5.73. The number of ether oxygens (including phenoxy) is 1. The molecule has 3 nitrogen and oxygen atoms in total. The van der Waals surface area contributed by atoms with Gasteiger partial charge in [-0.2, -0.15) is 0 Å². The van der Waals surface area contributed by atoms with Gasteiger partial charge in [-0.05, 0) is 41.0 Å². The van der Waals surface area contributed by atoms with Crippen molar-refractivity contribution in [3.63, 3.8) is 0 Å². The molecule has 0 heterocycles. The van der Waals surface area contributed by atoms with Gasteiger partial charge in [0, 0.05) is 5.56 Å². The fourth-order valence-corrected chi connectivity index (χ4v) is 2.79. The lowest BCUT2D eigenvalue weighted by atomic mass is 9.79. The molecule has 0 aromatic heterocycles. The summed E-state index contributed by atoms with van der Waals surface area (Å²) in [6.07, 6.45) is 0.952. The molecule has 0 unspecified atom stereocenters. The lowest BCUT2D eigenvalue weighted by molar-refractivity contribution is 0.319. The first-order valence-corrected chi connectivity index (χ1v) is 9.41. The second-order valence-corrected chi connectivity index (χ2v) is 8.89. The largest absolute Gasteiger partial charge is 0.505 e. The molecule has 2 aromatic rings. The molecule has 0 spiro atoms. The van der Waals surface area contributed by atoms with E-state index < -0.39 is 0 Å². The Labute approximate surface area is 158 Å². The number of phenolic OH excluding ortho intramolecular Hbond substituents is 1. The van der Waals surface area contributed by atoms with Crippen molar-refractivity contribution in [3.05, 3.63) is 47.5 Å². The second kappa shape index (κ2) is 7.61. The maximum absolute atomic E-state index is 10.9. The van der Waals surface area contributed by atoms with Crippen molar-refractivity contribution in [2.45, 2.75) is 65.7 Å². The van der Waals surface area contributed by atoms with Gasteiger partial charge in [-0.25, -0.2) is 0 Å². The molecule has 0 aliphatic carbocycles. The van der Waals surface area contributed by atoms with Gasteiger partial charge in [-0.15, -0.1) is 0 Å². The SMILES string of the molecule is CCCOc1ccccc1Nc1cc(C(C)(C)C)cc(C(C)(C)C)c1O. The van der Waals surface area contributed by atoms with Crippen LogP contribution >= 0.6 is 0 Å². The van der Waals surface area contributed by atoms with Gasteiger partial charge in [0.25, 0.3) is 0 Å². The number of para-hydroxylation sites is 2. The number of aromatic hydroxyl groups is 1. The normalized spacial score (nSPS) is 12.1. The van der Waals surface area contributed by atoms with Crippen LogP contribution in [0.1, 0.15) is 66.0 Å². The van der Waals surface area contributed by atoms with Gasteiger partial charge in [0.05, 0.1) is 18.0 Å². The summed E-state index contributed by atoms with van der Waals surface area (Å²) < 4.78 is 5.85. The van der Waals surface area contributed by atoms with Crippen LogP contribution in [0.15, 0.2) is 36.4 Å². The third kappa shape index (κ3) is 4.72. The summed E-state index contributed by atoms with van der Waals surface area (Å²) in [4.78, 5) is 0. The zero-order valence-electron chi connectivity index (χ0n) is 17.2. The van der Waals surface area contributed by atoms with Crippen LogP contribution in [0.3, 0.4) is 0 Å². The van der Waals surface area contributed by atoms with Crippen molar-refractivity contribution in [2.75, 3.05) is 11.9 Å². The van der Waals surface area contributed by atoms with Crippen molar-refractivity contribution in [1.82, 2.24) is 0 Å². The lowest BCUT2D eigenvalue weighted by Crippen LogP contribution is -2.17. The maximum atomic E-state index is 10.9. The molecule has 3 heteroatoms. The van der Waals surface area contributed by atoms with Crippen LogP contribution in [0.5, 0.6) is 11.5 Å². The van der Waals surface area contributed by atoms with Crippen LogP contribution in [0.4, 0.5) is 11.4 Å². The summed E-state index contributed by atoms with van der Waals surface area (Å²) in [7, 11) is 0. The fraction of sp³-hybridized carbons (Fsp3) is 0.478. The smallest absolute Gasteiger partial charge is 0.142 e. The van der Waals surface area contributed by atoms with Gasteiger partial charge in [0.2, 0.25) is 0 Å². The zero-order valence-corrected chi connectivity index (χ0v) is 17.2. The summed E-state index contributed by atoms with van der Waals surface area (Å²) in [5, 5.41) is 14.3. The topological polar surface area (TPSA) is 41.5 Å². The van der Waals surface area contributed by atoms with E-state index in [1.165, 1.54) is 5.56 Å². The molecule has 0 radical (unpaired) electrons. The Kier molecular flexibility index (Phi) is 5.90. The van der Waals surface area contributed by atoms with Crippen molar-refractivity contribution < 1.29 is 9.84 Å². The molecule has 26 heavy (non-hydrogen) atoms. The van der Waals surface area contributed by atoms with Crippen LogP contribution in [-0.2, 0) is 10.8 Å². The molecule has 2 aromatic carbocycles. The van der Waals surface area contributed by atoms with E-state index in [0.29, 0.717) is 12.4 Å². The Balaban J connectivity index is 2.53. The number of hydrogen-bond donors (Lipinski definition) is 2. The molecule has 0 saturated heterocycles. The molecule has 142 valence electrons. The first-order chi connectivity index (χ1) is 12.0. The zero-order chi connectivity index (χ0) is 19.5. The Bertz CT molecular complexity index is 752. The molecular weight excluding hydrogens is 322 g/mol. The van der Waals surface area contributed by atoms with Crippen LogP contribution in [0.25, 0.3) is 0 Å². The summed E-state index contributed by atoms with van der Waals surface area (Å²) in [6.45, 7) is 15.7. The summed E-state index contributed by atoms with van der Waals surface area (Å²) in [5.74, 6) is 1.10. The number of rotatable bonds is 5. The average molecular weight is 356 g/mol. The third-order valence-electron chi connectivity index (χ3n) is 4.40. The van der Waals surface area contributed by atoms with Crippen molar-refractivity contribution in [2.24, 2.45) is 0 Å². The van der Waals surface area contributed by atoms with E-state index in [4.69, 9.17) is 4.74 Å². The molecule has 0 aliphatic heterocycles. The predicted octanol–water partition coefficient (Wildman–Crippen LogP) is 6.52. The lowest BCUT2D eigenvalue weighted by Gasteiger charge is -2.28. The quantitative estimate of drug-likeness (QED) is 0.600. The monoisotopic (exact) mass is 355 g/mol. The van der Waals surface area contributed by atoms with Crippen LogP contribution in [-0.4, -0.2) is 11.7 Å². The van der Waals surface area contributed by atoms with Crippen molar-refractivity contribution >= 4 is 11.4 Å². The second-order valence-electron chi connectivity index (χ2n) is 8.89. The first-order valence-electron chi connectivity index (χ1n) is 9.41. The Morgan fingerprint density at radius 1 is 0.923 bits per heavy atom. The molecule has 0 aliphatic rings. The van der Waals surface area contributed by atoms with E-state index in [1.807, 2.05) is 30.3 Å². The molecule has 0 amide bonds. The summed E-state index contributed by atoms with van der Waals surface area (Å²) >= 11 is 0. The van der Waals surface area contributed by atoms with Crippen molar-refractivity contribution in [1.29, 1.82) is 0 Å². The van der Waals surface area contributed by atoms with E-state index in [9.17, 15) is 5.11 Å². The Hall–Kier alpha value is -2.16. The first kappa shape index (κ1) is 20.2. The highest BCUT2D eigenvalue weighted by Gasteiger charge is 2.25. The predicted molar refractivity (Wildman–Crippen MR) is 111 cm³/mol. The number of anilines is 2. The highest BCUT2D eigenvalue weighted by Crippen LogP contribution is 2.42. The van der Waals surface area contributed by atoms with Crippen LogP contribution in [0.2, 0.25) is 0 Å². The van der Waals surface area contributed by atoms with Gasteiger partial charge in [0.15, 0.2) is 0 Å². The maximum Gasteiger partial charge on any atom is 0.142 e. The molecule has 0 fully saturated rings. The van der Waals surface area contributed by atoms with Gasteiger partial charge in [-0.3, -0.25) is 0 Å². The van der Waals surface area contributed by atoms with Gasteiger partial charge in [0.1, 0.15) is 11.5 Å². The van der Waals surface area contributed by atoms with E-state index >= 15 is 0 Å². The molecule has 0 atom stereocenters. The third-order valence-corrected chi connectivity index (χ3v) is 4.40. The molecule has 0 bridgehead atoms. The minimum absolute atomic E-state index is 0.0115. The van der Waals surface area contributed by atoms with E-state index in [-0.39, 0.29) is 10.8 Å². The number of nitrogens with one attached hydrogen (secondary N) is 1. The molecular formula is C23H33NO2. The van der Waals surface area contributed by atoms with Crippen LogP contribution in [0, 0.1) is 0 Å². The summed E-state index contributed by atoms with van der Waals surface area (Å²) in [6, 6.07) is 12.0. The van der Waals surface area contributed by atoms with Crippen LogP contribution < -0.4 is 10.1 Å². The van der Waals surface area contributed by atoms with Crippen molar-refractivity contribution in [3.8, 4) is 11.5 Å². The summed E-state index contributed by atoms with van der Waals surface area (Å²) in [5.41, 5.74) is 3.55. The number of benzene rings is 2. The fourth-order valence-electron chi connectivity index (χ4n) is 2.79. The van der Waals surface area contributed by atoms with Gasteiger partial charge >= 0.3 is 0 Å². The molecule has 2 N–H and O–H groups in total. The Morgan fingerprint density at radius 2 is 1.58 bits per heavy atom. The van der Waals surface area contributed by atoms with E-state index in [2.05, 4.69) is 59.8 Å². The van der Waals surface area contributed by atoms with E-state index in [0.717, 1.165) is 29.1 Å². The minimum Gasteiger partial charge on any atom is -0.505 e. The van der Waals surface area contributed by atoms with E-state index in [1.54, 1.807) is 0 Å². The van der Waals surface area contributed by atoms with Gasteiger partial charge in [-0.1, -0.05) is 66.7 Å². The highest BCUT2D eigenvalue weighted by atomic mass is 16.5. The number of hydrogen-bond acceptors (Lipinski definition) is 3. The van der Waals surface area contributed by atoms with Gasteiger partial charge < -0.3 is 15.2 Å².